The molecule has 0 aliphatic heterocycles. The van der Waals surface area contributed by atoms with E-state index in [0.717, 1.165) is 17.7 Å². The van der Waals surface area contributed by atoms with E-state index in [9.17, 15) is 4.79 Å². The first kappa shape index (κ1) is 15.8. The predicted molar refractivity (Wildman–Crippen MR) is 87.2 cm³/mol. The lowest BCUT2D eigenvalue weighted by Crippen LogP contribution is -2.17. The van der Waals surface area contributed by atoms with Crippen LogP contribution in [0.2, 0.25) is 0 Å². The fourth-order valence-electron chi connectivity index (χ4n) is 2.08. The van der Waals surface area contributed by atoms with E-state index in [1.807, 2.05) is 54.4 Å². The van der Waals surface area contributed by atoms with Gasteiger partial charge in [-0.25, -0.2) is 4.79 Å². The fraction of sp³-hybridized carbons (Fsp3) is 0.211. The smallest absolute Gasteiger partial charge is 0.338 e. The van der Waals surface area contributed by atoms with E-state index in [1.165, 1.54) is 0 Å². The Morgan fingerprint density at radius 1 is 1.09 bits per heavy atom. The molecule has 0 heterocycles. The van der Waals surface area contributed by atoms with Gasteiger partial charge < -0.3 is 4.74 Å². The van der Waals surface area contributed by atoms with E-state index in [2.05, 4.69) is 5.92 Å². The number of hydrogen-bond acceptors (Lipinski definition) is 3. The van der Waals surface area contributed by atoms with Crippen LogP contribution in [0.5, 0.6) is 0 Å². The molecular weight excluding hydrogens is 274 g/mol. The third-order valence-corrected chi connectivity index (χ3v) is 3.22. The Balaban J connectivity index is 1.89. The second-order valence-electron chi connectivity index (χ2n) is 5.14. The van der Waals surface area contributed by atoms with Crippen LogP contribution in [0.3, 0.4) is 0 Å². The molecule has 0 unspecified atom stereocenters. The molecule has 0 bridgehead atoms. The highest BCUT2D eigenvalue weighted by molar-refractivity contribution is 5.89. The van der Waals surface area contributed by atoms with Crippen molar-refractivity contribution in [3.63, 3.8) is 0 Å². The highest BCUT2D eigenvalue weighted by atomic mass is 16.5. The number of hydrogen-bond donors (Lipinski definition) is 0. The second kappa shape index (κ2) is 8.02. The van der Waals surface area contributed by atoms with Crippen molar-refractivity contribution in [1.29, 1.82) is 0 Å². The first-order valence-corrected chi connectivity index (χ1v) is 7.11. The first-order chi connectivity index (χ1) is 10.7. The van der Waals surface area contributed by atoms with E-state index in [-0.39, 0.29) is 12.6 Å². The SMILES string of the molecule is C#CCN(C)Cc1ccc(C(=O)OCc2ccccc2)cc1. The van der Waals surface area contributed by atoms with Crippen LogP contribution in [-0.4, -0.2) is 24.5 Å². The maximum atomic E-state index is 12.0. The molecule has 0 N–H and O–H groups in total. The average molecular weight is 293 g/mol. The number of rotatable bonds is 6. The summed E-state index contributed by atoms with van der Waals surface area (Å²) in [5.41, 5.74) is 2.64. The van der Waals surface area contributed by atoms with Crippen LogP contribution in [0.15, 0.2) is 54.6 Å². The van der Waals surface area contributed by atoms with Crippen LogP contribution < -0.4 is 0 Å². The zero-order chi connectivity index (χ0) is 15.8. The Kier molecular flexibility index (Phi) is 5.76. The van der Waals surface area contributed by atoms with Crippen LogP contribution in [-0.2, 0) is 17.9 Å². The van der Waals surface area contributed by atoms with Gasteiger partial charge in [0.2, 0.25) is 0 Å². The van der Waals surface area contributed by atoms with Crippen molar-refractivity contribution in [3.8, 4) is 12.3 Å². The summed E-state index contributed by atoms with van der Waals surface area (Å²) in [4.78, 5) is 14.0. The number of esters is 1. The van der Waals surface area contributed by atoms with Crippen LogP contribution in [0.1, 0.15) is 21.5 Å². The van der Waals surface area contributed by atoms with Crippen LogP contribution in [0.4, 0.5) is 0 Å². The van der Waals surface area contributed by atoms with Crippen molar-refractivity contribution in [3.05, 3.63) is 71.3 Å². The molecule has 0 aliphatic rings. The van der Waals surface area contributed by atoms with Gasteiger partial charge in [-0.2, -0.15) is 0 Å². The molecule has 0 saturated heterocycles. The quantitative estimate of drug-likeness (QED) is 0.605. The molecule has 0 spiro atoms. The summed E-state index contributed by atoms with van der Waals surface area (Å²) in [7, 11) is 1.96. The summed E-state index contributed by atoms with van der Waals surface area (Å²) >= 11 is 0. The highest BCUT2D eigenvalue weighted by Gasteiger charge is 2.07. The summed E-state index contributed by atoms with van der Waals surface area (Å²) in [6.45, 7) is 1.64. The number of carbonyl (C=O) groups excluding carboxylic acids is 1. The van der Waals surface area contributed by atoms with Crippen molar-refractivity contribution in [2.24, 2.45) is 0 Å². The standard InChI is InChI=1S/C19H19NO2/c1-3-13-20(2)14-16-9-11-18(12-10-16)19(21)22-15-17-7-5-4-6-8-17/h1,4-12H,13-15H2,2H3. The Bertz CT molecular complexity index is 641. The number of benzene rings is 2. The Labute approximate surface area is 131 Å². The summed E-state index contributed by atoms with van der Waals surface area (Å²) in [6.07, 6.45) is 5.28. The average Bonchev–Trinajstić information content (AvgIpc) is 2.54. The lowest BCUT2D eigenvalue weighted by molar-refractivity contribution is 0.0472. The third kappa shape index (κ3) is 4.76. The van der Waals surface area contributed by atoms with Gasteiger partial charge in [-0.1, -0.05) is 48.4 Å². The Morgan fingerprint density at radius 2 is 1.77 bits per heavy atom. The molecule has 22 heavy (non-hydrogen) atoms. The largest absolute Gasteiger partial charge is 0.457 e. The van der Waals surface area contributed by atoms with E-state index in [1.54, 1.807) is 12.1 Å². The molecular formula is C19H19NO2. The van der Waals surface area contributed by atoms with E-state index in [4.69, 9.17) is 11.2 Å². The molecule has 2 aromatic carbocycles. The van der Waals surface area contributed by atoms with Gasteiger partial charge in [-0.15, -0.1) is 6.42 Å². The van der Waals surface area contributed by atoms with Gasteiger partial charge in [0.25, 0.3) is 0 Å². The van der Waals surface area contributed by atoms with Gasteiger partial charge in [-0.05, 0) is 30.3 Å². The topological polar surface area (TPSA) is 29.5 Å². The molecule has 3 nitrogen and oxygen atoms in total. The van der Waals surface area contributed by atoms with Crippen LogP contribution in [0, 0.1) is 12.3 Å². The van der Waals surface area contributed by atoms with E-state index in [0.29, 0.717) is 12.1 Å². The van der Waals surface area contributed by atoms with Crippen molar-refractivity contribution < 1.29 is 9.53 Å². The lowest BCUT2D eigenvalue weighted by Gasteiger charge is -2.13. The minimum atomic E-state index is -0.313. The van der Waals surface area contributed by atoms with Gasteiger partial charge in [0, 0.05) is 6.54 Å². The van der Waals surface area contributed by atoms with E-state index >= 15 is 0 Å². The lowest BCUT2D eigenvalue weighted by atomic mass is 10.1. The van der Waals surface area contributed by atoms with Crippen LogP contribution >= 0.6 is 0 Å². The minimum Gasteiger partial charge on any atom is -0.457 e. The minimum absolute atomic E-state index is 0.284. The summed E-state index contributed by atoms with van der Waals surface area (Å²) in [5, 5.41) is 0. The number of terminal acetylenes is 1. The Hall–Kier alpha value is -2.57. The molecule has 2 rings (SSSR count). The van der Waals surface area contributed by atoms with Gasteiger partial charge in [-0.3, -0.25) is 4.90 Å². The van der Waals surface area contributed by atoms with Gasteiger partial charge >= 0.3 is 5.97 Å². The van der Waals surface area contributed by atoms with Crippen molar-refractivity contribution in [2.75, 3.05) is 13.6 Å². The van der Waals surface area contributed by atoms with Crippen molar-refractivity contribution >= 4 is 5.97 Å². The Morgan fingerprint density at radius 3 is 2.41 bits per heavy atom. The van der Waals surface area contributed by atoms with Crippen molar-refractivity contribution in [1.82, 2.24) is 4.90 Å². The summed E-state index contributed by atoms with van der Waals surface area (Å²) < 4.78 is 5.30. The molecule has 0 saturated carbocycles. The maximum Gasteiger partial charge on any atom is 0.338 e. The fourth-order valence-corrected chi connectivity index (χ4v) is 2.08. The molecule has 112 valence electrons. The van der Waals surface area contributed by atoms with Gasteiger partial charge in [0.05, 0.1) is 12.1 Å². The molecule has 2 aromatic rings. The number of carbonyl (C=O) groups is 1. The highest BCUT2D eigenvalue weighted by Crippen LogP contribution is 2.09. The molecule has 0 amide bonds. The van der Waals surface area contributed by atoms with Crippen LogP contribution in [0.25, 0.3) is 0 Å². The molecule has 0 atom stereocenters. The van der Waals surface area contributed by atoms with Gasteiger partial charge in [0.15, 0.2) is 0 Å². The molecule has 0 radical (unpaired) electrons. The molecule has 0 aromatic heterocycles. The zero-order valence-electron chi connectivity index (χ0n) is 12.7. The second-order valence-corrected chi connectivity index (χ2v) is 5.14. The molecule has 3 heteroatoms. The summed E-state index contributed by atoms with van der Waals surface area (Å²) in [5.74, 6) is 2.29. The zero-order valence-corrected chi connectivity index (χ0v) is 12.7. The maximum absolute atomic E-state index is 12.0. The first-order valence-electron chi connectivity index (χ1n) is 7.11. The molecule has 0 aliphatic carbocycles. The van der Waals surface area contributed by atoms with Gasteiger partial charge in [0.1, 0.15) is 6.61 Å². The van der Waals surface area contributed by atoms with E-state index < -0.39 is 0 Å². The normalized spacial score (nSPS) is 10.2. The molecule has 0 fully saturated rings. The third-order valence-electron chi connectivity index (χ3n) is 3.22. The monoisotopic (exact) mass is 293 g/mol. The van der Waals surface area contributed by atoms with Crippen molar-refractivity contribution in [2.45, 2.75) is 13.2 Å². The predicted octanol–water partition coefficient (Wildman–Crippen LogP) is 3.11. The number of ether oxygens (including phenoxy) is 1. The number of nitrogens with zero attached hydrogens (tertiary/aromatic N) is 1. The summed E-state index contributed by atoms with van der Waals surface area (Å²) in [6, 6.07) is 17.0.